The van der Waals surface area contributed by atoms with Crippen molar-refractivity contribution < 1.29 is 4.74 Å². The van der Waals surface area contributed by atoms with E-state index >= 15 is 0 Å². The van der Waals surface area contributed by atoms with Gasteiger partial charge in [0.25, 0.3) is 0 Å². The molecule has 3 heteroatoms. The molecule has 0 saturated carbocycles. The van der Waals surface area contributed by atoms with E-state index < -0.39 is 0 Å². The van der Waals surface area contributed by atoms with Crippen LogP contribution in [0.25, 0.3) is 0 Å². The van der Waals surface area contributed by atoms with E-state index in [1.165, 1.54) is 25.0 Å². The highest BCUT2D eigenvalue weighted by Crippen LogP contribution is 2.22. The topological polar surface area (TPSA) is 21.3 Å². The lowest BCUT2D eigenvalue weighted by molar-refractivity contribution is 0.0833. The van der Waals surface area contributed by atoms with Crippen LogP contribution in [0.2, 0.25) is 0 Å². The zero-order chi connectivity index (χ0) is 10.2. The van der Waals surface area contributed by atoms with Gasteiger partial charge in [-0.25, -0.2) is 0 Å². The summed E-state index contributed by atoms with van der Waals surface area (Å²) in [5, 5.41) is 4.31. The van der Waals surface area contributed by atoms with Crippen molar-refractivity contribution in [2.45, 2.75) is 44.4 Å². The van der Waals surface area contributed by atoms with Crippen LogP contribution in [-0.2, 0) is 4.74 Å². The van der Waals surface area contributed by atoms with Crippen LogP contribution in [0.3, 0.4) is 0 Å². The number of rotatable bonds is 6. The number of ether oxygens (including phenoxy) is 1. The van der Waals surface area contributed by atoms with Crippen molar-refractivity contribution in [2.24, 2.45) is 0 Å². The SMILES string of the molecule is CCCNC1CCOCC1SCCC. The van der Waals surface area contributed by atoms with Gasteiger partial charge in [0.15, 0.2) is 0 Å². The molecule has 1 rings (SSSR count). The molecule has 1 saturated heterocycles. The Morgan fingerprint density at radius 1 is 1.36 bits per heavy atom. The van der Waals surface area contributed by atoms with Crippen LogP contribution in [0.5, 0.6) is 0 Å². The monoisotopic (exact) mass is 217 g/mol. The Bertz CT molecular complexity index is 127. The normalized spacial score (nSPS) is 27.9. The van der Waals surface area contributed by atoms with Crippen LogP contribution in [0, 0.1) is 0 Å². The Hall–Kier alpha value is 0.270. The average molecular weight is 217 g/mol. The molecule has 0 spiro atoms. The summed E-state index contributed by atoms with van der Waals surface area (Å²) in [6, 6.07) is 0.681. The average Bonchev–Trinajstić information content (AvgIpc) is 2.24. The highest BCUT2D eigenvalue weighted by atomic mass is 32.2. The lowest BCUT2D eigenvalue weighted by Gasteiger charge is -2.31. The molecule has 0 aliphatic carbocycles. The molecule has 0 aromatic rings. The number of nitrogens with one attached hydrogen (secondary N) is 1. The van der Waals surface area contributed by atoms with Crippen molar-refractivity contribution in [1.29, 1.82) is 0 Å². The van der Waals surface area contributed by atoms with E-state index in [9.17, 15) is 0 Å². The van der Waals surface area contributed by atoms with Crippen molar-refractivity contribution in [3.63, 3.8) is 0 Å². The van der Waals surface area contributed by atoms with Gasteiger partial charge in [-0.1, -0.05) is 13.8 Å². The Labute approximate surface area is 92.2 Å². The van der Waals surface area contributed by atoms with Gasteiger partial charge in [-0.3, -0.25) is 0 Å². The molecule has 1 aliphatic heterocycles. The predicted molar refractivity (Wildman–Crippen MR) is 64.1 cm³/mol. The van der Waals surface area contributed by atoms with Crippen LogP contribution in [0.4, 0.5) is 0 Å². The minimum absolute atomic E-state index is 0.676. The van der Waals surface area contributed by atoms with Gasteiger partial charge < -0.3 is 10.1 Å². The summed E-state index contributed by atoms with van der Waals surface area (Å²) in [4.78, 5) is 0. The van der Waals surface area contributed by atoms with Crippen molar-refractivity contribution in [1.82, 2.24) is 5.32 Å². The molecule has 0 aromatic carbocycles. The van der Waals surface area contributed by atoms with Gasteiger partial charge >= 0.3 is 0 Å². The van der Waals surface area contributed by atoms with Crippen LogP contribution in [0.15, 0.2) is 0 Å². The molecule has 0 amide bonds. The zero-order valence-corrected chi connectivity index (χ0v) is 10.2. The van der Waals surface area contributed by atoms with Gasteiger partial charge in [-0.2, -0.15) is 11.8 Å². The first-order valence-corrected chi connectivity index (χ1v) is 6.86. The maximum atomic E-state index is 5.53. The Morgan fingerprint density at radius 3 is 2.93 bits per heavy atom. The molecule has 0 radical (unpaired) electrons. The fourth-order valence-corrected chi connectivity index (χ4v) is 2.90. The number of hydrogen-bond donors (Lipinski definition) is 1. The fraction of sp³-hybridized carbons (Fsp3) is 1.00. The van der Waals surface area contributed by atoms with E-state index in [1.54, 1.807) is 0 Å². The Morgan fingerprint density at radius 2 is 2.21 bits per heavy atom. The quantitative estimate of drug-likeness (QED) is 0.737. The highest BCUT2D eigenvalue weighted by Gasteiger charge is 2.24. The van der Waals surface area contributed by atoms with Gasteiger partial charge in [0, 0.05) is 17.9 Å². The van der Waals surface area contributed by atoms with E-state index in [-0.39, 0.29) is 0 Å². The van der Waals surface area contributed by atoms with Crippen molar-refractivity contribution in [3.05, 3.63) is 0 Å². The minimum Gasteiger partial charge on any atom is -0.380 e. The molecular formula is C11H23NOS. The Balaban J connectivity index is 2.26. The van der Waals surface area contributed by atoms with E-state index in [1.807, 2.05) is 0 Å². The maximum absolute atomic E-state index is 5.53. The summed E-state index contributed by atoms with van der Waals surface area (Å²) in [5.74, 6) is 1.26. The van der Waals surface area contributed by atoms with Crippen LogP contribution in [0.1, 0.15) is 33.1 Å². The molecular weight excluding hydrogens is 194 g/mol. The van der Waals surface area contributed by atoms with Gasteiger partial charge in [0.2, 0.25) is 0 Å². The molecule has 2 unspecified atom stereocenters. The second-order valence-electron chi connectivity index (χ2n) is 3.83. The summed E-state index contributed by atoms with van der Waals surface area (Å²) >= 11 is 2.07. The number of thioether (sulfide) groups is 1. The van der Waals surface area contributed by atoms with Gasteiger partial charge in [0.05, 0.1) is 6.61 Å². The highest BCUT2D eigenvalue weighted by molar-refractivity contribution is 7.99. The summed E-state index contributed by atoms with van der Waals surface area (Å²) in [6.45, 7) is 7.48. The molecule has 1 fully saturated rings. The summed E-state index contributed by atoms with van der Waals surface area (Å²) in [6.07, 6.45) is 3.67. The molecule has 0 aromatic heterocycles. The lowest BCUT2D eigenvalue weighted by Crippen LogP contribution is -2.45. The molecule has 1 N–H and O–H groups in total. The van der Waals surface area contributed by atoms with Crippen molar-refractivity contribution in [2.75, 3.05) is 25.5 Å². The molecule has 1 heterocycles. The number of hydrogen-bond acceptors (Lipinski definition) is 3. The summed E-state index contributed by atoms with van der Waals surface area (Å²) in [7, 11) is 0. The largest absolute Gasteiger partial charge is 0.380 e. The van der Waals surface area contributed by atoms with E-state index in [4.69, 9.17) is 4.74 Å². The van der Waals surface area contributed by atoms with E-state index in [0.717, 1.165) is 19.8 Å². The molecule has 0 bridgehead atoms. The molecule has 2 nitrogen and oxygen atoms in total. The summed E-state index contributed by atoms with van der Waals surface area (Å²) < 4.78 is 5.53. The van der Waals surface area contributed by atoms with Gasteiger partial charge in [0.1, 0.15) is 0 Å². The van der Waals surface area contributed by atoms with Crippen LogP contribution < -0.4 is 5.32 Å². The zero-order valence-electron chi connectivity index (χ0n) is 9.42. The second kappa shape index (κ2) is 7.55. The predicted octanol–water partition coefficient (Wildman–Crippen LogP) is 2.29. The third-order valence-corrected chi connectivity index (χ3v) is 4.03. The molecule has 14 heavy (non-hydrogen) atoms. The lowest BCUT2D eigenvalue weighted by atomic mass is 10.1. The second-order valence-corrected chi connectivity index (χ2v) is 5.18. The first-order valence-electron chi connectivity index (χ1n) is 5.81. The smallest absolute Gasteiger partial charge is 0.0600 e. The summed E-state index contributed by atoms with van der Waals surface area (Å²) in [5.41, 5.74) is 0. The maximum Gasteiger partial charge on any atom is 0.0600 e. The third-order valence-electron chi connectivity index (χ3n) is 2.50. The van der Waals surface area contributed by atoms with Crippen LogP contribution in [-0.4, -0.2) is 36.8 Å². The third kappa shape index (κ3) is 4.20. The molecule has 84 valence electrons. The standard InChI is InChI=1S/C11H23NOS/c1-3-6-12-10-5-7-13-9-11(10)14-8-4-2/h10-12H,3-9H2,1-2H3. The minimum atomic E-state index is 0.676. The van der Waals surface area contributed by atoms with Gasteiger partial charge in [-0.05, 0) is 31.6 Å². The Kier molecular flexibility index (Phi) is 6.65. The van der Waals surface area contributed by atoms with Crippen molar-refractivity contribution >= 4 is 11.8 Å². The van der Waals surface area contributed by atoms with Crippen LogP contribution >= 0.6 is 11.8 Å². The molecule has 1 aliphatic rings. The first-order chi connectivity index (χ1) is 6.88. The molecule has 2 atom stereocenters. The fourth-order valence-electron chi connectivity index (χ4n) is 1.71. The first kappa shape index (κ1) is 12.3. The van der Waals surface area contributed by atoms with Gasteiger partial charge in [-0.15, -0.1) is 0 Å². The van der Waals surface area contributed by atoms with Crippen molar-refractivity contribution in [3.8, 4) is 0 Å². The van der Waals surface area contributed by atoms with E-state index in [2.05, 4.69) is 30.9 Å². The van der Waals surface area contributed by atoms with E-state index in [0.29, 0.717) is 11.3 Å².